The van der Waals surface area contributed by atoms with Gasteiger partial charge in [-0.3, -0.25) is 24.5 Å². The molecular weight excluding hydrogens is 681 g/mol. The fourth-order valence-electron chi connectivity index (χ4n) is 7.19. The molecule has 278 valence electrons. The first kappa shape index (κ1) is 36.6. The van der Waals surface area contributed by atoms with Gasteiger partial charge in [0.2, 0.25) is 0 Å². The second kappa shape index (κ2) is 16.1. The number of aromatic nitrogens is 2. The molecule has 0 radical (unpaired) electrons. The minimum absolute atomic E-state index is 0.0590. The van der Waals surface area contributed by atoms with Crippen LogP contribution in [-0.2, 0) is 13.2 Å². The maximum Gasteiger partial charge on any atom is 0.261 e. The van der Waals surface area contributed by atoms with Crippen LogP contribution in [0.15, 0.2) is 97.6 Å². The van der Waals surface area contributed by atoms with E-state index in [0.717, 1.165) is 51.5 Å². The molecule has 0 fully saturated rings. The quantitative estimate of drug-likeness (QED) is 0.134. The summed E-state index contributed by atoms with van der Waals surface area (Å²) in [5.41, 5.74) is 13.5. The largest absolute Gasteiger partial charge is 0.492 e. The van der Waals surface area contributed by atoms with Gasteiger partial charge in [0.15, 0.2) is 0 Å². The van der Waals surface area contributed by atoms with Gasteiger partial charge in [-0.05, 0) is 84.3 Å². The van der Waals surface area contributed by atoms with E-state index in [1.54, 1.807) is 30.5 Å². The topological polar surface area (TPSA) is 126 Å². The van der Waals surface area contributed by atoms with Crippen molar-refractivity contribution < 1.29 is 28.5 Å². The summed E-state index contributed by atoms with van der Waals surface area (Å²) in [6.45, 7) is 10.2. The molecule has 8 rings (SSSR count). The van der Waals surface area contributed by atoms with E-state index in [9.17, 15) is 9.59 Å². The van der Waals surface area contributed by atoms with Crippen LogP contribution in [0.1, 0.15) is 72.4 Å². The lowest BCUT2D eigenvalue weighted by atomic mass is 9.99. The lowest BCUT2D eigenvalue weighted by Crippen LogP contribution is -2.44. The zero-order chi connectivity index (χ0) is 37.8. The minimum atomic E-state index is -0.355. The molecule has 3 aliphatic rings. The molecule has 3 aromatic carbocycles. The highest BCUT2D eigenvalue weighted by Crippen LogP contribution is 2.40. The first-order valence-corrected chi connectivity index (χ1v) is 18.5. The summed E-state index contributed by atoms with van der Waals surface area (Å²) in [6.07, 6.45) is 8.88. The van der Waals surface area contributed by atoms with Gasteiger partial charge in [-0.25, -0.2) is 0 Å². The van der Waals surface area contributed by atoms with Crippen LogP contribution in [-0.4, -0.2) is 52.0 Å². The molecule has 2 atom stereocenters. The number of carbonyl (C=O) groups excluding carboxylic acids is 2. The molecule has 2 aromatic heterocycles. The first-order valence-electron chi connectivity index (χ1n) is 18.5. The number of hydrogen-bond donors (Lipinski definition) is 1. The molecule has 0 unspecified atom stereocenters. The van der Waals surface area contributed by atoms with Crippen LogP contribution in [0.4, 0.5) is 0 Å². The molecular formula is C44H46N4O6. The molecule has 0 saturated heterocycles. The fourth-order valence-corrected chi connectivity index (χ4v) is 7.19. The molecule has 2 N–H and O–H groups in total. The van der Waals surface area contributed by atoms with Gasteiger partial charge in [-0.2, -0.15) is 0 Å². The van der Waals surface area contributed by atoms with Gasteiger partial charge in [0.25, 0.3) is 11.8 Å². The van der Waals surface area contributed by atoms with Crippen LogP contribution in [0.5, 0.6) is 23.0 Å². The number of imide groups is 1. The molecule has 0 aliphatic carbocycles. The number of amides is 2. The van der Waals surface area contributed by atoms with Crippen molar-refractivity contribution >= 4 is 11.8 Å². The lowest BCUT2D eigenvalue weighted by Gasteiger charge is -2.28. The molecule has 0 spiro atoms. The number of fused-ring (bicyclic) bond motifs is 7. The highest BCUT2D eigenvalue weighted by atomic mass is 16.5. The van der Waals surface area contributed by atoms with Gasteiger partial charge in [0.1, 0.15) is 49.4 Å². The van der Waals surface area contributed by atoms with Crippen molar-refractivity contribution in [2.45, 2.75) is 65.8 Å². The molecule has 10 heteroatoms. The number of nitrogens with zero attached hydrogens (tertiary/aromatic N) is 3. The SMILES string of the molecule is CC(C)C[C@@H](COc1ccc2c(c1)OCc1cnccc1-2)N1C(=O)c2ccccc2C1=O.CC(C)C[C@H](N)COc1ccc2c(c1)OCc1cnccc1-2. The van der Waals surface area contributed by atoms with E-state index in [1.807, 2.05) is 67.1 Å². The Morgan fingerprint density at radius 3 is 1.65 bits per heavy atom. The van der Waals surface area contributed by atoms with Crippen LogP contribution in [0.2, 0.25) is 0 Å². The number of rotatable bonds is 11. The Hall–Kier alpha value is -5.74. The van der Waals surface area contributed by atoms with Crippen LogP contribution < -0.4 is 24.7 Å². The molecule has 5 heterocycles. The van der Waals surface area contributed by atoms with Gasteiger partial charge in [-0.1, -0.05) is 39.8 Å². The van der Waals surface area contributed by atoms with Crippen LogP contribution in [0.3, 0.4) is 0 Å². The third-order valence-electron chi connectivity index (χ3n) is 9.67. The highest BCUT2D eigenvalue weighted by molar-refractivity contribution is 6.21. The number of hydrogen-bond acceptors (Lipinski definition) is 9. The van der Waals surface area contributed by atoms with Gasteiger partial charge in [0, 0.05) is 65.2 Å². The van der Waals surface area contributed by atoms with Crippen molar-refractivity contribution in [3.8, 4) is 45.3 Å². The first-order chi connectivity index (χ1) is 26.2. The molecule has 54 heavy (non-hydrogen) atoms. The van der Waals surface area contributed by atoms with Crippen molar-refractivity contribution in [3.05, 3.63) is 120 Å². The zero-order valence-corrected chi connectivity index (χ0v) is 31.2. The molecule has 10 nitrogen and oxygen atoms in total. The molecule has 3 aliphatic heterocycles. The second-order valence-corrected chi connectivity index (χ2v) is 14.8. The smallest absolute Gasteiger partial charge is 0.261 e. The van der Waals surface area contributed by atoms with E-state index in [4.69, 9.17) is 24.7 Å². The monoisotopic (exact) mass is 726 g/mol. The summed E-state index contributed by atoms with van der Waals surface area (Å²) < 4.78 is 23.6. The maximum atomic E-state index is 13.0. The molecule has 0 saturated carbocycles. The summed E-state index contributed by atoms with van der Waals surface area (Å²) in [7, 11) is 0. The summed E-state index contributed by atoms with van der Waals surface area (Å²) in [4.78, 5) is 35.6. The molecule has 2 amide bonds. The average molecular weight is 727 g/mol. The third-order valence-corrected chi connectivity index (χ3v) is 9.67. The normalized spacial score (nSPS) is 14.7. The average Bonchev–Trinajstić information content (AvgIpc) is 3.43. The van der Waals surface area contributed by atoms with Gasteiger partial charge >= 0.3 is 0 Å². The lowest BCUT2D eigenvalue weighted by molar-refractivity contribution is 0.0507. The summed E-state index contributed by atoms with van der Waals surface area (Å²) >= 11 is 0. The minimum Gasteiger partial charge on any atom is -0.492 e. The van der Waals surface area contributed by atoms with Gasteiger partial charge in [0.05, 0.1) is 17.2 Å². The number of carbonyl (C=O) groups is 2. The number of benzene rings is 3. The van der Waals surface area contributed by atoms with Crippen molar-refractivity contribution in [3.63, 3.8) is 0 Å². The van der Waals surface area contributed by atoms with E-state index in [0.29, 0.717) is 55.0 Å². The number of nitrogens with two attached hydrogens (primary N) is 1. The molecule has 5 aromatic rings. The standard InChI is InChI=1S/C26H24N2O4.C18H22N2O2/c1-16(2)11-18(28-25(29)22-5-3-4-6-23(22)26(28)30)15-31-19-7-8-21-20-9-10-27-13-17(20)14-32-24(21)12-19;1-12(2)7-14(19)11-21-15-3-4-17-16-5-6-20-9-13(16)10-22-18(17)8-15/h3-10,12-13,16,18H,11,14-15H2,1-2H3;3-6,8-9,12,14H,7,10-11,19H2,1-2H3/t18-;14-/m00/s1. The third kappa shape index (κ3) is 7.94. The Balaban J connectivity index is 0.000000179. The van der Waals surface area contributed by atoms with Crippen LogP contribution in [0, 0.1) is 11.8 Å². The van der Waals surface area contributed by atoms with Crippen molar-refractivity contribution in [2.75, 3.05) is 13.2 Å². The fraction of sp³-hybridized carbons (Fsp3) is 0.318. The van der Waals surface area contributed by atoms with Gasteiger partial charge in [-0.15, -0.1) is 0 Å². The Kier molecular flexibility index (Phi) is 10.9. The van der Waals surface area contributed by atoms with E-state index in [2.05, 4.69) is 37.7 Å². The Labute approximate surface area is 316 Å². The highest BCUT2D eigenvalue weighted by Gasteiger charge is 2.40. The summed E-state index contributed by atoms with van der Waals surface area (Å²) in [5, 5.41) is 0. The van der Waals surface area contributed by atoms with Crippen LogP contribution >= 0.6 is 0 Å². The van der Waals surface area contributed by atoms with Crippen molar-refractivity contribution in [1.29, 1.82) is 0 Å². The van der Waals surface area contributed by atoms with Gasteiger partial charge < -0.3 is 24.7 Å². The van der Waals surface area contributed by atoms with E-state index >= 15 is 0 Å². The van der Waals surface area contributed by atoms with Crippen molar-refractivity contribution in [2.24, 2.45) is 17.6 Å². The Bertz CT molecular complexity index is 2110. The summed E-state index contributed by atoms with van der Waals surface area (Å²) in [5.74, 6) is 3.43. The van der Waals surface area contributed by atoms with Crippen molar-refractivity contribution in [1.82, 2.24) is 14.9 Å². The predicted molar refractivity (Wildman–Crippen MR) is 207 cm³/mol. The Morgan fingerprint density at radius 2 is 1.15 bits per heavy atom. The maximum absolute atomic E-state index is 13.0. The van der Waals surface area contributed by atoms with E-state index in [-0.39, 0.29) is 30.5 Å². The van der Waals surface area contributed by atoms with E-state index < -0.39 is 0 Å². The zero-order valence-electron chi connectivity index (χ0n) is 31.2. The molecule has 0 bridgehead atoms. The Morgan fingerprint density at radius 1 is 0.648 bits per heavy atom. The summed E-state index contributed by atoms with van der Waals surface area (Å²) in [6, 6.07) is 22.4. The second-order valence-electron chi connectivity index (χ2n) is 14.8. The number of pyridine rings is 2. The predicted octanol–water partition coefficient (Wildman–Crippen LogP) is 8.12. The van der Waals surface area contributed by atoms with Crippen LogP contribution in [0.25, 0.3) is 22.3 Å². The number of ether oxygens (including phenoxy) is 4. The van der Waals surface area contributed by atoms with E-state index in [1.165, 1.54) is 10.5 Å².